The molecule has 1 N–H and O–H groups in total. The molecule has 0 bridgehead atoms. The van der Waals surface area contributed by atoms with Crippen molar-refractivity contribution >= 4 is 27.8 Å². The molecule has 0 aliphatic heterocycles. The number of esters is 1. The number of hydrogen-bond acceptors (Lipinski definition) is 3. The van der Waals surface area contributed by atoms with Gasteiger partial charge in [0.1, 0.15) is 6.04 Å². The van der Waals surface area contributed by atoms with E-state index in [-0.39, 0.29) is 5.91 Å². The Hall–Kier alpha value is -1.36. The van der Waals surface area contributed by atoms with E-state index < -0.39 is 12.0 Å². The summed E-state index contributed by atoms with van der Waals surface area (Å²) in [6.07, 6.45) is 0. The van der Waals surface area contributed by atoms with Crippen molar-refractivity contribution in [2.24, 2.45) is 0 Å². The number of benzene rings is 1. The summed E-state index contributed by atoms with van der Waals surface area (Å²) in [7, 11) is 1.28. The third-order valence-electron chi connectivity index (χ3n) is 2.01. The van der Waals surface area contributed by atoms with Crippen molar-refractivity contribution in [1.82, 2.24) is 5.32 Å². The van der Waals surface area contributed by atoms with Gasteiger partial charge in [0.2, 0.25) is 0 Å². The molecule has 0 aliphatic carbocycles. The summed E-state index contributed by atoms with van der Waals surface area (Å²) in [6, 6.07) is 6.21. The summed E-state index contributed by atoms with van der Waals surface area (Å²) >= 11 is 3.27. The molecule has 1 aromatic rings. The zero-order valence-corrected chi connectivity index (χ0v) is 10.6. The molecule has 0 aromatic heterocycles. The Kier molecular flexibility index (Phi) is 4.49. The third-order valence-corrected chi connectivity index (χ3v) is 2.54. The highest BCUT2D eigenvalue weighted by molar-refractivity contribution is 9.10. The highest BCUT2D eigenvalue weighted by atomic mass is 79.9. The predicted octanol–water partition coefficient (Wildman–Crippen LogP) is 1.74. The van der Waals surface area contributed by atoms with E-state index >= 15 is 0 Å². The van der Waals surface area contributed by atoms with Crippen molar-refractivity contribution in [3.05, 3.63) is 34.3 Å². The molecule has 4 nitrogen and oxygen atoms in total. The van der Waals surface area contributed by atoms with E-state index in [0.717, 1.165) is 4.47 Å². The van der Waals surface area contributed by atoms with Gasteiger partial charge in [-0.2, -0.15) is 0 Å². The lowest BCUT2D eigenvalue weighted by Gasteiger charge is -2.11. The van der Waals surface area contributed by atoms with Gasteiger partial charge in [-0.05, 0) is 31.2 Å². The molecule has 1 unspecified atom stereocenters. The number of carbonyl (C=O) groups excluding carboxylic acids is 2. The first-order valence-electron chi connectivity index (χ1n) is 4.69. The van der Waals surface area contributed by atoms with Gasteiger partial charge in [-0.1, -0.05) is 15.9 Å². The molecule has 1 rings (SSSR count). The van der Waals surface area contributed by atoms with Gasteiger partial charge in [-0.15, -0.1) is 0 Å². The Labute approximate surface area is 102 Å². The van der Waals surface area contributed by atoms with E-state index in [2.05, 4.69) is 26.0 Å². The van der Waals surface area contributed by atoms with E-state index in [1.54, 1.807) is 31.2 Å². The summed E-state index contributed by atoms with van der Waals surface area (Å²) < 4.78 is 5.40. The molecule has 86 valence electrons. The molecule has 1 amide bonds. The summed E-state index contributed by atoms with van der Waals surface area (Å²) in [6.45, 7) is 1.57. The van der Waals surface area contributed by atoms with E-state index in [0.29, 0.717) is 5.56 Å². The molecule has 1 aromatic carbocycles. The van der Waals surface area contributed by atoms with Crippen LogP contribution in [0, 0.1) is 0 Å². The number of hydrogen-bond donors (Lipinski definition) is 1. The molecule has 1 atom stereocenters. The summed E-state index contributed by atoms with van der Waals surface area (Å²) in [5.41, 5.74) is 0.499. The van der Waals surface area contributed by atoms with Crippen LogP contribution in [0.5, 0.6) is 0 Å². The smallest absolute Gasteiger partial charge is 0.328 e. The number of ether oxygens (including phenoxy) is 1. The van der Waals surface area contributed by atoms with Crippen LogP contribution >= 0.6 is 15.9 Å². The van der Waals surface area contributed by atoms with E-state index in [4.69, 9.17) is 0 Å². The minimum atomic E-state index is -0.652. The van der Waals surface area contributed by atoms with Gasteiger partial charge in [-0.3, -0.25) is 4.79 Å². The van der Waals surface area contributed by atoms with Crippen molar-refractivity contribution in [3.8, 4) is 0 Å². The van der Waals surface area contributed by atoms with Gasteiger partial charge >= 0.3 is 5.97 Å². The molecule has 0 spiro atoms. The molecule has 0 saturated heterocycles. The van der Waals surface area contributed by atoms with Crippen molar-refractivity contribution in [3.63, 3.8) is 0 Å². The van der Waals surface area contributed by atoms with Gasteiger partial charge < -0.3 is 10.1 Å². The normalized spacial score (nSPS) is 11.7. The lowest BCUT2D eigenvalue weighted by Crippen LogP contribution is -2.39. The fraction of sp³-hybridized carbons (Fsp3) is 0.273. The fourth-order valence-corrected chi connectivity index (χ4v) is 1.38. The average molecular weight is 286 g/mol. The number of nitrogens with one attached hydrogen (secondary N) is 1. The van der Waals surface area contributed by atoms with Crippen LogP contribution < -0.4 is 5.32 Å². The quantitative estimate of drug-likeness (QED) is 0.861. The molecule has 16 heavy (non-hydrogen) atoms. The number of carbonyl (C=O) groups is 2. The average Bonchev–Trinajstić information content (AvgIpc) is 2.28. The van der Waals surface area contributed by atoms with Crippen LogP contribution in [0.1, 0.15) is 17.3 Å². The van der Waals surface area contributed by atoms with E-state index in [1.165, 1.54) is 7.11 Å². The lowest BCUT2D eigenvalue weighted by molar-refractivity contribution is -0.142. The maximum atomic E-state index is 11.7. The fourth-order valence-electron chi connectivity index (χ4n) is 1.12. The first-order valence-corrected chi connectivity index (χ1v) is 5.48. The predicted molar refractivity (Wildman–Crippen MR) is 63.1 cm³/mol. The molecule has 0 fully saturated rings. The van der Waals surface area contributed by atoms with Crippen molar-refractivity contribution in [2.75, 3.05) is 7.11 Å². The van der Waals surface area contributed by atoms with Crippen LogP contribution in [0.3, 0.4) is 0 Å². The van der Waals surface area contributed by atoms with Gasteiger partial charge in [-0.25, -0.2) is 4.79 Å². The minimum absolute atomic E-state index is 0.301. The molecule has 5 heteroatoms. The number of halogens is 1. The standard InChI is InChI=1S/C11H12BrNO3/c1-7(11(15)16-2)13-10(14)8-3-5-9(12)6-4-8/h3-7H,1-2H3,(H,13,14). The second-order valence-corrected chi connectivity index (χ2v) is 4.14. The minimum Gasteiger partial charge on any atom is -0.467 e. The Morgan fingerprint density at radius 3 is 2.38 bits per heavy atom. The summed E-state index contributed by atoms with van der Waals surface area (Å²) in [5.74, 6) is -0.768. The Balaban J connectivity index is 2.65. The van der Waals surface area contributed by atoms with Crippen LogP contribution in [-0.4, -0.2) is 25.0 Å². The highest BCUT2D eigenvalue weighted by Crippen LogP contribution is 2.10. The molecule has 0 heterocycles. The SMILES string of the molecule is COC(=O)C(C)NC(=O)c1ccc(Br)cc1. The Morgan fingerprint density at radius 1 is 1.31 bits per heavy atom. The summed E-state index contributed by atoms with van der Waals surface area (Å²) in [4.78, 5) is 22.7. The van der Waals surface area contributed by atoms with E-state index in [9.17, 15) is 9.59 Å². The maximum Gasteiger partial charge on any atom is 0.328 e. The first-order chi connectivity index (χ1) is 7.54. The second kappa shape index (κ2) is 5.65. The second-order valence-electron chi connectivity index (χ2n) is 3.23. The molecular formula is C11H12BrNO3. The number of methoxy groups -OCH3 is 1. The molecule has 0 saturated carbocycles. The maximum absolute atomic E-state index is 11.7. The van der Waals surface area contributed by atoms with Crippen LogP contribution in [-0.2, 0) is 9.53 Å². The zero-order valence-electron chi connectivity index (χ0n) is 8.99. The number of amides is 1. The van der Waals surface area contributed by atoms with Crippen LogP contribution in [0.4, 0.5) is 0 Å². The van der Waals surface area contributed by atoms with Crippen molar-refractivity contribution < 1.29 is 14.3 Å². The zero-order chi connectivity index (χ0) is 12.1. The molecule has 0 aliphatic rings. The monoisotopic (exact) mass is 285 g/mol. The largest absolute Gasteiger partial charge is 0.467 e. The highest BCUT2D eigenvalue weighted by Gasteiger charge is 2.16. The van der Waals surface area contributed by atoms with Gasteiger partial charge in [0.25, 0.3) is 5.91 Å². The topological polar surface area (TPSA) is 55.4 Å². The Bertz CT molecular complexity index is 389. The van der Waals surface area contributed by atoms with Crippen molar-refractivity contribution in [1.29, 1.82) is 0 Å². The van der Waals surface area contributed by atoms with E-state index in [1.807, 2.05) is 0 Å². The van der Waals surface area contributed by atoms with Crippen LogP contribution in [0.2, 0.25) is 0 Å². The lowest BCUT2D eigenvalue weighted by atomic mass is 10.2. The molecular weight excluding hydrogens is 274 g/mol. The molecule has 0 radical (unpaired) electrons. The van der Waals surface area contributed by atoms with Crippen LogP contribution in [0.25, 0.3) is 0 Å². The van der Waals surface area contributed by atoms with Gasteiger partial charge in [0, 0.05) is 10.0 Å². The first kappa shape index (κ1) is 12.7. The van der Waals surface area contributed by atoms with Crippen LogP contribution in [0.15, 0.2) is 28.7 Å². The van der Waals surface area contributed by atoms with Crippen molar-refractivity contribution in [2.45, 2.75) is 13.0 Å². The Morgan fingerprint density at radius 2 is 1.88 bits per heavy atom. The third kappa shape index (κ3) is 3.34. The van der Waals surface area contributed by atoms with Gasteiger partial charge in [0.15, 0.2) is 0 Å². The summed E-state index contributed by atoms with van der Waals surface area (Å²) in [5, 5.41) is 2.54. The number of rotatable bonds is 3. The van der Waals surface area contributed by atoms with Gasteiger partial charge in [0.05, 0.1) is 7.11 Å².